The van der Waals surface area contributed by atoms with E-state index >= 15 is 0 Å². The summed E-state index contributed by atoms with van der Waals surface area (Å²) in [5.74, 6) is 1.97. The SMILES string of the molecule is COc1cc(-c2cc(-c3ccc([N+](=O)[O-])cc3)no2)cc(OC)c1OC. The first kappa shape index (κ1) is 17.3. The Bertz CT molecular complexity index is 908. The number of benzene rings is 2. The number of nitro benzene ring substituents is 1. The zero-order valence-electron chi connectivity index (χ0n) is 14.4. The molecular weight excluding hydrogens is 340 g/mol. The highest BCUT2D eigenvalue weighted by molar-refractivity contribution is 5.71. The van der Waals surface area contributed by atoms with Crippen LogP contribution in [-0.4, -0.2) is 31.4 Å². The van der Waals surface area contributed by atoms with Gasteiger partial charge in [-0.05, 0) is 24.3 Å². The van der Waals surface area contributed by atoms with Gasteiger partial charge >= 0.3 is 0 Å². The van der Waals surface area contributed by atoms with Crippen molar-refractivity contribution >= 4 is 5.69 Å². The summed E-state index contributed by atoms with van der Waals surface area (Å²) in [6.07, 6.45) is 0. The zero-order chi connectivity index (χ0) is 18.7. The number of hydrogen-bond acceptors (Lipinski definition) is 7. The van der Waals surface area contributed by atoms with Crippen molar-refractivity contribution in [2.24, 2.45) is 0 Å². The van der Waals surface area contributed by atoms with E-state index in [9.17, 15) is 10.1 Å². The minimum absolute atomic E-state index is 0.0158. The number of ether oxygens (including phenoxy) is 3. The quantitative estimate of drug-likeness (QED) is 0.487. The lowest BCUT2D eigenvalue weighted by atomic mass is 10.1. The van der Waals surface area contributed by atoms with E-state index < -0.39 is 4.92 Å². The summed E-state index contributed by atoms with van der Waals surface area (Å²) in [6.45, 7) is 0. The molecule has 0 aliphatic heterocycles. The molecule has 26 heavy (non-hydrogen) atoms. The summed E-state index contributed by atoms with van der Waals surface area (Å²) in [7, 11) is 4.59. The zero-order valence-corrected chi connectivity index (χ0v) is 14.4. The molecule has 0 saturated carbocycles. The van der Waals surface area contributed by atoms with Gasteiger partial charge in [0.2, 0.25) is 5.75 Å². The molecule has 0 bridgehead atoms. The van der Waals surface area contributed by atoms with Crippen molar-refractivity contribution in [1.82, 2.24) is 5.16 Å². The molecule has 0 aliphatic carbocycles. The molecule has 0 amide bonds. The van der Waals surface area contributed by atoms with Gasteiger partial charge in [-0.25, -0.2) is 0 Å². The molecular formula is C18H16N2O6. The molecule has 0 N–H and O–H groups in total. The smallest absolute Gasteiger partial charge is 0.269 e. The van der Waals surface area contributed by atoms with Crippen molar-refractivity contribution in [3.63, 3.8) is 0 Å². The largest absolute Gasteiger partial charge is 0.493 e. The van der Waals surface area contributed by atoms with E-state index in [1.807, 2.05) is 0 Å². The summed E-state index contributed by atoms with van der Waals surface area (Å²) in [5.41, 5.74) is 1.98. The third-order valence-electron chi connectivity index (χ3n) is 3.83. The number of nitrogens with zero attached hydrogens (tertiary/aromatic N) is 2. The summed E-state index contributed by atoms with van der Waals surface area (Å²) >= 11 is 0. The fraction of sp³-hybridized carbons (Fsp3) is 0.167. The van der Waals surface area contributed by atoms with Crippen LogP contribution in [-0.2, 0) is 0 Å². The van der Waals surface area contributed by atoms with Gasteiger partial charge in [0.1, 0.15) is 5.69 Å². The van der Waals surface area contributed by atoms with E-state index in [4.69, 9.17) is 18.7 Å². The average Bonchev–Trinajstić information content (AvgIpc) is 3.17. The molecule has 134 valence electrons. The molecule has 1 aromatic heterocycles. The minimum atomic E-state index is -0.450. The highest BCUT2D eigenvalue weighted by Crippen LogP contribution is 2.41. The number of hydrogen-bond donors (Lipinski definition) is 0. The summed E-state index contributed by atoms with van der Waals surface area (Å²) in [5, 5.41) is 14.8. The summed E-state index contributed by atoms with van der Waals surface area (Å²) in [6, 6.07) is 11.3. The van der Waals surface area contributed by atoms with Gasteiger partial charge in [-0.2, -0.15) is 0 Å². The Labute approximate surface area is 149 Å². The number of nitro groups is 1. The van der Waals surface area contributed by atoms with Crippen LogP contribution in [0.15, 0.2) is 47.0 Å². The van der Waals surface area contributed by atoms with Gasteiger partial charge in [-0.3, -0.25) is 10.1 Å². The topological polar surface area (TPSA) is 96.9 Å². The maximum atomic E-state index is 10.7. The minimum Gasteiger partial charge on any atom is -0.493 e. The molecule has 0 unspecified atom stereocenters. The lowest BCUT2D eigenvalue weighted by Crippen LogP contribution is -1.95. The molecule has 2 aromatic carbocycles. The van der Waals surface area contributed by atoms with E-state index in [-0.39, 0.29) is 5.69 Å². The number of methoxy groups -OCH3 is 3. The van der Waals surface area contributed by atoms with Crippen LogP contribution in [0.3, 0.4) is 0 Å². The van der Waals surface area contributed by atoms with Crippen LogP contribution in [0.5, 0.6) is 17.2 Å². The highest BCUT2D eigenvalue weighted by Gasteiger charge is 2.17. The first-order valence-electron chi connectivity index (χ1n) is 7.59. The fourth-order valence-electron chi connectivity index (χ4n) is 2.52. The monoisotopic (exact) mass is 356 g/mol. The van der Waals surface area contributed by atoms with Crippen LogP contribution in [0.25, 0.3) is 22.6 Å². The Morgan fingerprint density at radius 1 is 0.923 bits per heavy atom. The van der Waals surface area contributed by atoms with E-state index in [0.29, 0.717) is 39.8 Å². The number of rotatable bonds is 6. The molecule has 8 heteroatoms. The van der Waals surface area contributed by atoms with E-state index in [1.165, 1.54) is 33.5 Å². The predicted molar refractivity (Wildman–Crippen MR) is 93.7 cm³/mol. The van der Waals surface area contributed by atoms with Crippen molar-refractivity contribution in [3.05, 3.63) is 52.6 Å². The van der Waals surface area contributed by atoms with Crippen molar-refractivity contribution in [2.75, 3.05) is 21.3 Å². The highest BCUT2D eigenvalue weighted by atomic mass is 16.6. The van der Waals surface area contributed by atoms with Crippen molar-refractivity contribution in [1.29, 1.82) is 0 Å². The summed E-state index contributed by atoms with van der Waals surface area (Å²) < 4.78 is 21.4. The predicted octanol–water partition coefficient (Wildman–Crippen LogP) is 3.94. The molecule has 0 fully saturated rings. The second-order valence-corrected chi connectivity index (χ2v) is 5.29. The summed E-state index contributed by atoms with van der Waals surface area (Å²) in [4.78, 5) is 10.3. The van der Waals surface area contributed by atoms with E-state index in [0.717, 1.165) is 0 Å². The maximum absolute atomic E-state index is 10.7. The Morgan fingerprint density at radius 2 is 1.54 bits per heavy atom. The average molecular weight is 356 g/mol. The lowest BCUT2D eigenvalue weighted by Gasteiger charge is -2.12. The van der Waals surface area contributed by atoms with Crippen LogP contribution in [0.1, 0.15) is 0 Å². The third-order valence-corrected chi connectivity index (χ3v) is 3.83. The van der Waals surface area contributed by atoms with Crippen molar-refractivity contribution in [3.8, 4) is 39.8 Å². The van der Waals surface area contributed by atoms with Crippen molar-refractivity contribution < 1.29 is 23.7 Å². The van der Waals surface area contributed by atoms with Crippen LogP contribution in [0.4, 0.5) is 5.69 Å². The van der Waals surface area contributed by atoms with Crippen LogP contribution < -0.4 is 14.2 Å². The third kappa shape index (κ3) is 3.16. The molecule has 0 radical (unpaired) electrons. The molecule has 0 saturated heterocycles. The number of non-ortho nitro benzene ring substituents is 1. The molecule has 3 aromatic rings. The molecule has 1 heterocycles. The molecule has 0 aliphatic rings. The first-order chi connectivity index (χ1) is 12.6. The Morgan fingerprint density at radius 3 is 2.04 bits per heavy atom. The first-order valence-corrected chi connectivity index (χ1v) is 7.59. The number of aromatic nitrogens is 1. The Balaban J connectivity index is 1.98. The van der Waals surface area contributed by atoms with Gasteiger partial charge in [0.25, 0.3) is 5.69 Å². The lowest BCUT2D eigenvalue weighted by molar-refractivity contribution is -0.384. The molecule has 8 nitrogen and oxygen atoms in total. The van der Waals surface area contributed by atoms with Crippen LogP contribution in [0.2, 0.25) is 0 Å². The van der Waals surface area contributed by atoms with Gasteiger partial charge in [-0.1, -0.05) is 5.16 Å². The molecule has 3 rings (SSSR count). The van der Waals surface area contributed by atoms with Crippen LogP contribution >= 0.6 is 0 Å². The molecule has 0 spiro atoms. The van der Waals surface area contributed by atoms with Gasteiger partial charge in [0, 0.05) is 29.3 Å². The van der Waals surface area contributed by atoms with Gasteiger partial charge in [-0.15, -0.1) is 0 Å². The molecule has 0 atom stereocenters. The fourth-order valence-corrected chi connectivity index (χ4v) is 2.52. The maximum Gasteiger partial charge on any atom is 0.269 e. The van der Waals surface area contributed by atoms with Crippen LogP contribution in [0, 0.1) is 10.1 Å². The van der Waals surface area contributed by atoms with E-state index in [2.05, 4.69) is 5.16 Å². The van der Waals surface area contributed by atoms with Gasteiger partial charge < -0.3 is 18.7 Å². The normalized spacial score (nSPS) is 10.4. The standard InChI is InChI=1S/C18H16N2O6/c1-23-16-8-12(9-17(24-2)18(16)25-3)15-10-14(19-26-15)11-4-6-13(7-5-11)20(21)22/h4-10H,1-3H3. The Kier molecular flexibility index (Phi) is 4.74. The van der Waals surface area contributed by atoms with E-state index in [1.54, 1.807) is 30.3 Å². The van der Waals surface area contributed by atoms with Gasteiger partial charge in [0.15, 0.2) is 17.3 Å². The van der Waals surface area contributed by atoms with Crippen molar-refractivity contribution in [2.45, 2.75) is 0 Å². The Hall–Kier alpha value is -3.55. The van der Waals surface area contributed by atoms with Gasteiger partial charge in [0.05, 0.1) is 26.3 Å². The second kappa shape index (κ2) is 7.14. The second-order valence-electron chi connectivity index (χ2n) is 5.29.